The second-order valence-electron chi connectivity index (χ2n) is 4.52. The highest BCUT2D eigenvalue weighted by atomic mass is 32.1. The van der Waals surface area contributed by atoms with Crippen molar-refractivity contribution in [2.45, 2.75) is 20.4 Å². The lowest BCUT2D eigenvalue weighted by atomic mass is 10.3. The molecule has 0 aliphatic heterocycles. The number of hydrogen-bond acceptors (Lipinski definition) is 6. The zero-order chi connectivity index (χ0) is 14.7. The van der Waals surface area contributed by atoms with Crippen LogP contribution in [-0.2, 0) is 11.3 Å². The first kappa shape index (κ1) is 14.5. The summed E-state index contributed by atoms with van der Waals surface area (Å²) < 4.78 is 4.72. The maximum absolute atomic E-state index is 11.6. The second kappa shape index (κ2) is 6.00. The van der Waals surface area contributed by atoms with E-state index in [0.29, 0.717) is 12.2 Å². The van der Waals surface area contributed by atoms with Crippen molar-refractivity contribution in [3.8, 4) is 0 Å². The summed E-state index contributed by atoms with van der Waals surface area (Å²) in [6, 6.07) is 5.93. The maximum Gasteiger partial charge on any atom is 0.357 e. The Morgan fingerprint density at radius 3 is 2.75 bits per heavy atom. The van der Waals surface area contributed by atoms with Crippen LogP contribution < -0.4 is 4.90 Å². The van der Waals surface area contributed by atoms with Crippen LogP contribution in [0.5, 0.6) is 0 Å². The Kier molecular flexibility index (Phi) is 4.34. The molecule has 20 heavy (non-hydrogen) atoms. The smallest absolute Gasteiger partial charge is 0.357 e. The van der Waals surface area contributed by atoms with Gasteiger partial charge < -0.3 is 9.64 Å². The zero-order valence-corrected chi connectivity index (χ0v) is 12.8. The number of methoxy groups -OCH3 is 1. The van der Waals surface area contributed by atoms with Gasteiger partial charge in [0.1, 0.15) is 0 Å². The van der Waals surface area contributed by atoms with Crippen LogP contribution >= 0.6 is 11.3 Å². The minimum absolute atomic E-state index is 0.386. The molecule has 0 saturated heterocycles. The highest BCUT2D eigenvalue weighted by Crippen LogP contribution is 2.26. The Hall–Kier alpha value is -1.95. The summed E-state index contributed by atoms with van der Waals surface area (Å²) in [5.41, 5.74) is 2.35. The molecule has 0 saturated carbocycles. The second-order valence-corrected chi connectivity index (χ2v) is 5.70. The Balaban J connectivity index is 2.17. The number of thiazole rings is 1. The van der Waals surface area contributed by atoms with Crippen LogP contribution in [0.3, 0.4) is 0 Å². The van der Waals surface area contributed by atoms with E-state index < -0.39 is 5.97 Å². The number of anilines is 1. The number of nitrogens with zero attached hydrogens (tertiary/aromatic N) is 3. The largest absolute Gasteiger partial charge is 0.464 e. The van der Waals surface area contributed by atoms with Crippen molar-refractivity contribution in [1.29, 1.82) is 0 Å². The first-order valence-corrected chi connectivity index (χ1v) is 7.02. The molecular weight excluding hydrogens is 274 g/mol. The fourth-order valence-electron chi connectivity index (χ4n) is 1.83. The van der Waals surface area contributed by atoms with E-state index in [0.717, 1.165) is 21.4 Å². The molecule has 5 nitrogen and oxygen atoms in total. The molecule has 2 aromatic heterocycles. The highest BCUT2D eigenvalue weighted by Gasteiger charge is 2.18. The van der Waals surface area contributed by atoms with Crippen LogP contribution in [0, 0.1) is 13.8 Å². The molecule has 0 aromatic carbocycles. The van der Waals surface area contributed by atoms with Gasteiger partial charge in [-0.25, -0.2) is 9.78 Å². The normalized spacial score (nSPS) is 10.4. The molecule has 0 aliphatic carbocycles. The van der Waals surface area contributed by atoms with Crippen molar-refractivity contribution >= 4 is 22.4 Å². The van der Waals surface area contributed by atoms with Crippen molar-refractivity contribution in [3.63, 3.8) is 0 Å². The Morgan fingerprint density at radius 1 is 1.35 bits per heavy atom. The monoisotopic (exact) mass is 291 g/mol. The molecule has 0 fully saturated rings. The SMILES string of the molecule is COC(=O)c1nc(N(C)Cc2cccc(C)n2)sc1C. The first-order chi connectivity index (χ1) is 9.51. The summed E-state index contributed by atoms with van der Waals surface area (Å²) in [4.78, 5) is 23.2. The van der Waals surface area contributed by atoms with Gasteiger partial charge in [0, 0.05) is 17.6 Å². The van der Waals surface area contributed by atoms with Gasteiger partial charge in [-0.1, -0.05) is 6.07 Å². The van der Waals surface area contributed by atoms with Crippen molar-refractivity contribution < 1.29 is 9.53 Å². The molecule has 2 rings (SSSR count). The fourth-order valence-corrected chi connectivity index (χ4v) is 2.69. The minimum atomic E-state index is -0.396. The third-order valence-electron chi connectivity index (χ3n) is 2.84. The molecule has 0 atom stereocenters. The molecule has 0 radical (unpaired) electrons. The minimum Gasteiger partial charge on any atom is -0.464 e. The Morgan fingerprint density at radius 2 is 2.10 bits per heavy atom. The van der Waals surface area contributed by atoms with Crippen LogP contribution in [-0.4, -0.2) is 30.1 Å². The van der Waals surface area contributed by atoms with E-state index in [2.05, 4.69) is 9.97 Å². The van der Waals surface area contributed by atoms with E-state index >= 15 is 0 Å². The maximum atomic E-state index is 11.6. The van der Waals surface area contributed by atoms with E-state index in [1.54, 1.807) is 0 Å². The zero-order valence-electron chi connectivity index (χ0n) is 12.0. The third kappa shape index (κ3) is 3.14. The van der Waals surface area contributed by atoms with Crippen LogP contribution in [0.15, 0.2) is 18.2 Å². The molecule has 2 aromatic rings. The number of ether oxygens (including phenoxy) is 1. The molecule has 0 bridgehead atoms. The van der Waals surface area contributed by atoms with Crippen LogP contribution in [0.4, 0.5) is 5.13 Å². The molecule has 106 valence electrons. The summed E-state index contributed by atoms with van der Waals surface area (Å²) >= 11 is 1.48. The van der Waals surface area contributed by atoms with Crippen LogP contribution in [0.25, 0.3) is 0 Å². The van der Waals surface area contributed by atoms with Gasteiger partial charge in [-0.15, -0.1) is 11.3 Å². The van der Waals surface area contributed by atoms with Crippen molar-refractivity contribution in [2.75, 3.05) is 19.1 Å². The molecule has 0 amide bonds. The van der Waals surface area contributed by atoms with Crippen molar-refractivity contribution in [2.24, 2.45) is 0 Å². The number of rotatable bonds is 4. The van der Waals surface area contributed by atoms with Crippen LogP contribution in [0.2, 0.25) is 0 Å². The summed E-state index contributed by atoms with van der Waals surface area (Å²) in [6.45, 7) is 4.48. The number of aromatic nitrogens is 2. The summed E-state index contributed by atoms with van der Waals surface area (Å²) in [7, 11) is 3.30. The summed E-state index contributed by atoms with van der Waals surface area (Å²) in [5.74, 6) is -0.396. The Bertz CT molecular complexity index is 625. The number of pyridine rings is 1. The number of esters is 1. The molecule has 0 unspecified atom stereocenters. The lowest BCUT2D eigenvalue weighted by Gasteiger charge is -2.15. The number of carbonyl (C=O) groups excluding carboxylic acids is 1. The molecule has 2 heterocycles. The van der Waals surface area contributed by atoms with E-state index in [1.165, 1.54) is 18.4 Å². The number of carbonyl (C=O) groups is 1. The predicted octanol–water partition coefficient (Wildman–Crippen LogP) is 2.58. The van der Waals surface area contributed by atoms with Gasteiger partial charge in [0.05, 0.1) is 19.3 Å². The average Bonchev–Trinajstić information content (AvgIpc) is 2.80. The van der Waals surface area contributed by atoms with E-state index in [1.807, 2.05) is 44.0 Å². The van der Waals surface area contributed by atoms with Crippen LogP contribution in [0.1, 0.15) is 26.8 Å². The Labute approximate surface area is 122 Å². The van der Waals surface area contributed by atoms with Gasteiger partial charge in [-0.05, 0) is 26.0 Å². The molecule has 0 aliphatic rings. The fraction of sp³-hybridized carbons (Fsp3) is 0.357. The first-order valence-electron chi connectivity index (χ1n) is 6.20. The standard InChI is InChI=1S/C14H17N3O2S/c1-9-6-5-7-11(15-9)8-17(3)14-16-12(10(2)20-14)13(18)19-4/h5-7H,8H2,1-4H3. The van der Waals surface area contributed by atoms with Gasteiger partial charge in [0.15, 0.2) is 10.8 Å². The molecule has 0 N–H and O–H groups in total. The van der Waals surface area contributed by atoms with Gasteiger partial charge in [-0.2, -0.15) is 0 Å². The predicted molar refractivity (Wildman–Crippen MR) is 79.3 cm³/mol. The number of hydrogen-bond donors (Lipinski definition) is 0. The molecule has 6 heteroatoms. The average molecular weight is 291 g/mol. The summed E-state index contributed by atoms with van der Waals surface area (Å²) in [6.07, 6.45) is 0. The van der Waals surface area contributed by atoms with Gasteiger partial charge >= 0.3 is 5.97 Å². The van der Waals surface area contributed by atoms with Gasteiger partial charge in [0.25, 0.3) is 0 Å². The lowest BCUT2D eigenvalue weighted by Crippen LogP contribution is -2.17. The molecular formula is C14H17N3O2S. The molecule has 0 spiro atoms. The lowest BCUT2D eigenvalue weighted by molar-refractivity contribution is 0.0594. The van der Waals surface area contributed by atoms with Gasteiger partial charge in [0.2, 0.25) is 0 Å². The van der Waals surface area contributed by atoms with E-state index in [9.17, 15) is 4.79 Å². The van der Waals surface area contributed by atoms with Crippen molar-refractivity contribution in [3.05, 3.63) is 40.2 Å². The van der Waals surface area contributed by atoms with E-state index in [-0.39, 0.29) is 0 Å². The van der Waals surface area contributed by atoms with Crippen molar-refractivity contribution in [1.82, 2.24) is 9.97 Å². The number of aryl methyl sites for hydroxylation is 2. The quantitative estimate of drug-likeness (QED) is 0.810. The topological polar surface area (TPSA) is 55.3 Å². The highest BCUT2D eigenvalue weighted by molar-refractivity contribution is 7.15. The summed E-state index contributed by atoms with van der Waals surface area (Å²) in [5, 5.41) is 0.784. The van der Waals surface area contributed by atoms with E-state index in [4.69, 9.17) is 4.74 Å². The third-order valence-corrected chi connectivity index (χ3v) is 3.92. The van der Waals surface area contributed by atoms with Gasteiger partial charge in [-0.3, -0.25) is 4.98 Å².